The van der Waals surface area contributed by atoms with Crippen molar-refractivity contribution in [3.63, 3.8) is 0 Å². The summed E-state index contributed by atoms with van der Waals surface area (Å²) >= 11 is 9.73. The van der Waals surface area contributed by atoms with E-state index < -0.39 is 0 Å². The zero-order valence-corrected chi connectivity index (χ0v) is 8.65. The summed E-state index contributed by atoms with van der Waals surface area (Å²) in [7, 11) is 0. The molecule has 1 aromatic carbocycles. The molecule has 0 unspecified atom stereocenters. The Bertz CT molecular complexity index is 290. The molecule has 0 heterocycles. The van der Waals surface area contributed by atoms with Gasteiger partial charge in [-0.2, -0.15) is 12.6 Å². The minimum atomic E-state index is -0.307. The van der Waals surface area contributed by atoms with E-state index in [1.54, 1.807) is 6.07 Å². The van der Waals surface area contributed by atoms with Crippen molar-refractivity contribution in [1.82, 2.24) is 0 Å². The van der Waals surface area contributed by atoms with Crippen LogP contribution in [0.25, 0.3) is 6.08 Å². The van der Waals surface area contributed by atoms with Crippen molar-refractivity contribution >= 4 is 30.3 Å². The highest BCUT2D eigenvalue weighted by Gasteiger charge is 1.95. The number of halogens is 2. The lowest BCUT2D eigenvalue weighted by molar-refractivity contribution is 0.627. The monoisotopic (exact) mass is 216 g/mol. The molecule has 0 amide bonds. The summed E-state index contributed by atoms with van der Waals surface area (Å²) in [5, 5.41) is 0.422. The summed E-state index contributed by atoms with van der Waals surface area (Å²) in [6.07, 6.45) is 4.65. The van der Waals surface area contributed by atoms with Crippen molar-refractivity contribution in [3.05, 3.63) is 40.7 Å². The molecular weight excluding hydrogens is 207 g/mol. The van der Waals surface area contributed by atoms with Crippen LogP contribution >= 0.6 is 24.2 Å². The average molecular weight is 217 g/mol. The molecule has 0 fully saturated rings. The quantitative estimate of drug-likeness (QED) is 0.730. The highest BCUT2D eigenvalue weighted by atomic mass is 35.5. The zero-order valence-electron chi connectivity index (χ0n) is 7.00. The maximum absolute atomic E-state index is 12.8. The third kappa shape index (κ3) is 3.83. The smallest absolute Gasteiger partial charge is 0.125 e. The molecule has 0 bridgehead atoms. The first kappa shape index (κ1) is 10.6. The van der Waals surface area contributed by atoms with Crippen molar-refractivity contribution in [2.75, 3.05) is 5.75 Å². The fourth-order valence-electron chi connectivity index (χ4n) is 0.965. The maximum atomic E-state index is 12.8. The van der Waals surface area contributed by atoms with Gasteiger partial charge in [-0.15, -0.1) is 0 Å². The molecule has 0 radical (unpaired) electrons. The number of rotatable bonds is 3. The minimum Gasteiger partial charge on any atom is -0.207 e. The van der Waals surface area contributed by atoms with E-state index in [-0.39, 0.29) is 5.82 Å². The Kier molecular flexibility index (Phi) is 4.33. The molecule has 0 spiro atoms. The normalized spacial score (nSPS) is 11.0. The van der Waals surface area contributed by atoms with E-state index in [0.717, 1.165) is 17.7 Å². The number of benzene rings is 1. The maximum Gasteiger partial charge on any atom is 0.125 e. The fourth-order valence-corrected chi connectivity index (χ4v) is 1.34. The summed E-state index contributed by atoms with van der Waals surface area (Å²) in [5.41, 5.74) is 0.784. The third-order valence-corrected chi connectivity index (χ3v) is 1.97. The highest BCUT2D eigenvalue weighted by Crippen LogP contribution is 2.15. The predicted octanol–water partition coefficient (Wildman–Crippen LogP) is 3.81. The van der Waals surface area contributed by atoms with Crippen molar-refractivity contribution in [2.24, 2.45) is 0 Å². The van der Waals surface area contributed by atoms with Crippen molar-refractivity contribution in [2.45, 2.75) is 6.42 Å². The van der Waals surface area contributed by atoms with Crippen LogP contribution in [-0.4, -0.2) is 5.75 Å². The lowest BCUT2D eigenvalue weighted by Crippen LogP contribution is -1.78. The van der Waals surface area contributed by atoms with Crippen LogP contribution in [0.5, 0.6) is 0 Å². The number of hydrogen-bond donors (Lipinski definition) is 1. The second-order valence-electron chi connectivity index (χ2n) is 2.62. The predicted molar refractivity (Wildman–Crippen MR) is 58.9 cm³/mol. The van der Waals surface area contributed by atoms with Crippen molar-refractivity contribution < 1.29 is 4.39 Å². The Labute approximate surface area is 87.8 Å². The molecule has 0 aromatic heterocycles. The molecular formula is C10H10ClFS. The number of hydrogen-bond acceptors (Lipinski definition) is 1. The van der Waals surface area contributed by atoms with Gasteiger partial charge in [0.2, 0.25) is 0 Å². The Morgan fingerprint density at radius 2 is 2.15 bits per heavy atom. The van der Waals surface area contributed by atoms with Crippen LogP contribution in [-0.2, 0) is 0 Å². The summed E-state index contributed by atoms with van der Waals surface area (Å²) in [4.78, 5) is 0. The summed E-state index contributed by atoms with van der Waals surface area (Å²) in [6, 6.07) is 4.46. The fraction of sp³-hybridized carbons (Fsp3) is 0.200. The molecule has 0 aliphatic carbocycles. The van der Waals surface area contributed by atoms with Crippen LogP contribution in [0, 0.1) is 5.82 Å². The van der Waals surface area contributed by atoms with Crippen LogP contribution in [0.3, 0.4) is 0 Å². The van der Waals surface area contributed by atoms with Crippen molar-refractivity contribution in [3.8, 4) is 0 Å². The molecule has 0 nitrogen and oxygen atoms in total. The van der Waals surface area contributed by atoms with Gasteiger partial charge >= 0.3 is 0 Å². The van der Waals surface area contributed by atoms with Crippen LogP contribution in [0.4, 0.5) is 4.39 Å². The molecule has 13 heavy (non-hydrogen) atoms. The van der Waals surface area contributed by atoms with Gasteiger partial charge in [0.15, 0.2) is 0 Å². The SMILES string of the molecule is Fc1cc(Cl)cc(C=CCCS)c1. The van der Waals surface area contributed by atoms with Gasteiger partial charge < -0.3 is 0 Å². The van der Waals surface area contributed by atoms with Crippen LogP contribution in [0.2, 0.25) is 5.02 Å². The topological polar surface area (TPSA) is 0 Å². The largest absolute Gasteiger partial charge is 0.207 e. The summed E-state index contributed by atoms with van der Waals surface area (Å²) in [5.74, 6) is 0.484. The van der Waals surface area contributed by atoms with E-state index >= 15 is 0 Å². The van der Waals surface area contributed by atoms with Crippen LogP contribution in [0.1, 0.15) is 12.0 Å². The van der Waals surface area contributed by atoms with Gasteiger partial charge in [0.05, 0.1) is 0 Å². The molecule has 1 aromatic rings. The van der Waals surface area contributed by atoms with Gasteiger partial charge in [-0.25, -0.2) is 4.39 Å². The van der Waals surface area contributed by atoms with E-state index in [0.29, 0.717) is 5.02 Å². The Morgan fingerprint density at radius 1 is 1.38 bits per heavy atom. The highest BCUT2D eigenvalue weighted by molar-refractivity contribution is 7.80. The first-order valence-electron chi connectivity index (χ1n) is 3.96. The zero-order chi connectivity index (χ0) is 9.68. The van der Waals surface area contributed by atoms with Crippen molar-refractivity contribution in [1.29, 1.82) is 0 Å². The number of thiol groups is 1. The first-order valence-corrected chi connectivity index (χ1v) is 4.97. The Morgan fingerprint density at radius 3 is 2.77 bits per heavy atom. The van der Waals surface area contributed by atoms with Gasteiger partial charge in [0, 0.05) is 5.02 Å². The van der Waals surface area contributed by atoms with Crippen LogP contribution < -0.4 is 0 Å². The molecule has 0 saturated heterocycles. The van der Waals surface area contributed by atoms with E-state index in [4.69, 9.17) is 11.6 Å². The number of allylic oxidation sites excluding steroid dienone is 1. The third-order valence-electron chi connectivity index (χ3n) is 1.49. The lowest BCUT2D eigenvalue weighted by Gasteiger charge is -1.95. The van der Waals surface area contributed by atoms with Gasteiger partial charge in [0.1, 0.15) is 5.82 Å². The van der Waals surface area contributed by atoms with E-state index in [1.807, 2.05) is 12.2 Å². The molecule has 0 aliphatic heterocycles. The van der Waals surface area contributed by atoms with Gasteiger partial charge in [-0.05, 0) is 35.9 Å². The summed E-state index contributed by atoms with van der Waals surface area (Å²) < 4.78 is 12.8. The standard InChI is InChI=1S/C10H10ClFS/c11-9-5-8(3-1-2-4-13)6-10(12)7-9/h1,3,5-7,13H,2,4H2. The van der Waals surface area contributed by atoms with E-state index in [2.05, 4.69) is 12.6 Å². The minimum absolute atomic E-state index is 0.307. The summed E-state index contributed by atoms with van der Waals surface area (Å²) in [6.45, 7) is 0. The lowest BCUT2D eigenvalue weighted by atomic mass is 10.2. The average Bonchev–Trinajstić information content (AvgIpc) is 2.03. The second-order valence-corrected chi connectivity index (χ2v) is 3.50. The van der Waals surface area contributed by atoms with E-state index in [1.165, 1.54) is 12.1 Å². The van der Waals surface area contributed by atoms with E-state index in [9.17, 15) is 4.39 Å². The molecule has 0 atom stereocenters. The van der Waals surface area contributed by atoms with Crippen LogP contribution in [0.15, 0.2) is 24.3 Å². The van der Waals surface area contributed by atoms with Gasteiger partial charge in [0.25, 0.3) is 0 Å². The first-order chi connectivity index (χ1) is 6.22. The Balaban J connectivity index is 2.77. The molecule has 1 rings (SSSR count). The molecule has 70 valence electrons. The molecule has 0 saturated carbocycles. The molecule has 0 aliphatic rings. The Hall–Kier alpha value is -0.470. The second kappa shape index (κ2) is 5.30. The van der Waals surface area contributed by atoms with Gasteiger partial charge in [-0.1, -0.05) is 23.8 Å². The van der Waals surface area contributed by atoms with Gasteiger partial charge in [-0.3, -0.25) is 0 Å². The molecule has 0 N–H and O–H groups in total. The molecule has 3 heteroatoms.